The van der Waals surface area contributed by atoms with Crippen LogP contribution in [0.2, 0.25) is 5.02 Å². The topological polar surface area (TPSA) is 227 Å². The predicted molar refractivity (Wildman–Crippen MR) is 189 cm³/mol. The SMILES string of the molecule is Cc1sc(C(=O)c2cncnc2NC2CC(COS(N)(=O)=O)C(OC(=O)Cc3ccc(OP(=O)(O)O)cc3)C2)cc1[C@@H]1OCCc2ccc(Cl)cc21. The number of ketones is 1. The maximum absolute atomic E-state index is 14.0. The highest BCUT2D eigenvalue weighted by molar-refractivity contribution is 7.84. The molecule has 3 unspecified atom stereocenters. The molecule has 2 aromatic heterocycles. The standard InChI is InChI=1S/C33H34ClN4O11PS2/c1-18-25(32-26-12-22(34)5-4-20(26)8-9-46-32)14-29(51-18)31(40)27-15-36-17-37-33(27)38-23-11-21(16-47-52(35,44)45)28(13-23)48-30(39)10-19-2-6-24(7-3-19)49-50(41,42)43/h2-7,12,14-15,17,21,23,28,32H,8-11,13,16H2,1H3,(H2,35,44,45)(H,36,37,38)(H2,41,42,43)/t21?,23?,28?,32-/m0/s1. The molecule has 1 fully saturated rings. The van der Waals surface area contributed by atoms with E-state index >= 15 is 0 Å². The molecule has 19 heteroatoms. The Balaban J connectivity index is 1.16. The molecule has 5 N–H and O–H groups in total. The number of rotatable bonds is 13. The minimum atomic E-state index is -4.75. The molecule has 15 nitrogen and oxygen atoms in total. The van der Waals surface area contributed by atoms with Gasteiger partial charge in [0.2, 0.25) is 5.78 Å². The van der Waals surface area contributed by atoms with Crippen LogP contribution in [0.15, 0.2) is 61.1 Å². The van der Waals surface area contributed by atoms with Gasteiger partial charge in [-0.2, -0.15) is 8.42 Å². The van der Waals surface area contributed by atoms with Gasteiger partial charge >= 0.3 is 24.1 Å². The van der Waals surface area contributed by atoms with Crippen molar-refractivity contribution in [2.24, 2.45) is 11.1 Å². The second-order valence-corrected chi connectivity index (χ2v) is 16.4. The molecule has 0 radical (unpaired) electrons. The summed E-state index contributed by atoms with van der Waals surface area (Å²) in [4.78, 5) is 54.7. The van der Waals surface area contributed by atoms with Crippen molar-refractivity contribution >= 4 is 58.6 Å². The Morgan fingerprint density at radius 1 is 1.13 bits per heavy atom. The van der Waals surface area contributed by atoms with Gasteiger partial charge in [-0.25, -0.2) is 19.7 Å². The number of esters is 1. The van der Waals surface area contributed by atoms with E-state index < -0.39 is 42.2 Å². The predicted octanol–water partition coefficient (Wildman–Crippen LogP) is 4.43. The Kier molecular flexibility index (Phi) is 11.5. The molecular weight excluding hydrogens is 759 g/mol. The van der Waals surface area contributed by atoms with Gasteiger partial charge in [0.1, 0.15) is 30.1 Å². The fourth-order valence-electron chi connectivity index (χ4n) is 6.37. The Morgan fingerprint density at radius 3 is 2.63 bits per heavy atom. The monoisotopic (exact) mass is 792 g/mol. The number of hydrogen-bond acceptors (Lipinski definition) is 13. The second-order valence-electron chi connectivity index (χ2n) is 12.4. The quantitative estimate of drug-likeness (QED) is 0.0835. The van der Waals surface area contributed by atoms with Crippen molar-refractivity contribution in [3.05, 3.63) is 104 Å². The van der Waals surface area contributed by atoms with Crippen LogP contribution in [-0.2, 0) is 46.2 Å². The molecule has 1 saturated carbocycles. The van der Waals surface area contributed by atoms with Crippen molar-refractivity contribution in [3.8, 4) is 5.75 Å². The maximum Gasteiger partial charge on any atom is 0.524 e. The molecule has 0 amide bonds. The number of fused-ring (bicyclic) bond motifs is 1. The molecule has 4 atom stereocenters. The van der Waals surface area contributed by atoms with E-state index in [0.717, 1.165) is 28.0 Å². The zero-order valence-corrected chi connectivity index (χ0v) is 30.8. The van der Waals surface area contributed by atoms with Crippen LogP contribution in [-0.4, -0.2) is 65.3 Å². The number of anilines is 1. The number of nitrogens with zero attached hydrogens (tertiary/aromatic N) is 2. The number of carbonyl (C=O) groups excluding carboxylic acids is 2. The van der Waals surface area contributed by atoms with Crippen molar-refractivity contribution < 1.29 is 50.5 Å². The highest BCUT2D eigenvalue weighted by Gasteiger charge is 2.39. The van der Waals surface area contributed by atoms with E-state index in [0.29, 0.717) is 22.1 Å². The van der Waals surface area contributed by atoms with Crippen LogP contribution in [0.3, 0.4) is 0 Å². The summed E-state index contributed by atoms with van der Waals surface area (Å²) in [5.74, 6) is -1.36. The van der Waals surface area contributed by atoms with Crippen molar-refractivity contribution in [1.82, 2.24) is 9.97 Å². The first-order valence-corrected chi connectivity index (χ1v) is 20.1. The minimum Gasteiger partial charge on any atom is -0.462 e. The van der Waals surface area contributed by atoms with E-state index in [1.165, 1.54) is 48.1 Å². The molecule has 6 rings (SSSR count). The molecule has 1 aliphatic heterocycles. The zero-order chi connectivity index (χ0) is 37.2. The van der Waals surface area contributed by atoms with E-state index in [4.69, 9.17) is 40.2 Å². The number of phosphoric ester groups is 1. The Morgan fingerprint density at radius 2 is 1.90 bits per heavy atom. The molecule has 52 heavy (non-hydrogen) atoms. The van der Waals surface area contributed by atoms with Gasteiger partial charge in [0.05, 0.1) is 30.1 Å². The fourth-order valence-corrected chi connectivity index (χ4v) is 8.31. The zero-order valence-electron chi connectivity index (χ0n) is 27.5. The number of phosphoric acid groups is 1. The number of nitrogens with two attached hydrogens (primary N) is 1. The summed E-state index contributed by atoms with van der Waals surface area (Å²) >= 11 is 7.64. The molecule has 0 bridgehead atoms. The number of benzene rings is 2. The molecular formula is C33H34ClN4O11PS2. The lowest BCUT2D eigenvalue weighted by molar-refractivity contribution is -0.150. The average molecular weight is 793 g/mol. The van der Waals surface area contributed by atoms with Gasteiger partial charge in [0, 0.05) is 34.5 Å². The minimum absolute atomic E-state index is 0.0815. The van der Waals surface area contributed by atoms with E-state index in [1.807, 2.05) is 31.2 Å². The van der Waals surface area contributed by atoms with E-state index in [2.05, 4.69) is 19.8 Å². The lowest BCUT2D eigenvalue weighted by atomic mass is 9.93. The number of hydrogen-bond donors (Lipinski definition) is 4. The first kappa shape index (κ1) is 38.0. The Bertz CT molecular complexity index is 2130. The number of thiophene rings is 1. The summed E-state index contributed by atoms with van der Waals surface area (Å²) in [6.45, 7) is 2.11. The van der Waals surface area contributed by atoms with Crippen LogP contribution < -0.4 is 15.0 Å². The molecule has 2 aliphatic rings. The first-order valence-electron chi connectivity index (χ1n) is 15.9. The van der Waals surface area contributed by atoms with Crippen LogP contribution in [0.25, 0.3) is 0 Å². The summed E-state index contributed by atoms with van der Waals surface area (Å²) in [6, 6.07) is 12.7. The summed E-state index contributed by atoms with van der Waals surface area (Å²) in [6.07, 6.45) is 2.63. The van der Waals surface area contributed by atoms with Crippen molar-refractivity contribution in [2.45, 2.75) is 50.9 Å². The number of halogens is 1. The number of nitrogens with one attached hydrogen (secondary N) is 1. The van der Waals surface area contributed by atoms with Gasteiger partial charge < -0.3 is 19.3 Å². The fraction of sp³-hybridized carbons (Fsp3) is 0.333. The molecule has 0 saturated heterocycles. The van der Waals surface area contributed by atoms with E-state index in [-0.39, 0.29) is 54.9 Å². The second kappa shape index (κ2) is 15.7. The third-order valence-electron chi connectivity index (χ3n) is 8.66. The molecule has 4 aromatic rings. The van der Waals surface area contributed by atoms with Gasteiger partial charge in [0.25, 0.3) is 0 Å². The van der Waals surface area contributed by atoms with Gasteiger partial charge in [-0.05, 0) is 72.4 Å². The van der Waals surface area contributed by atoms with Gasteiger partial charge in [0.15, 0.2) is 0 Å². The van der Waals surface area contributed by atoms with Crippen LogP contribution in [0, 0.1) is 12.8 Å². The number of carbonyl (C=O) groups is 2. The third-order valence-corrected chi connectivity index (χ3v) is 10.9. The number of aryl methyl sites for hydroxylation is 1. The van der Waals surface area contributed by atoms with Crippen LogP contribution in [0.4, 0.5) is 5.82 Å². The van der Waals surface area contributed by atoms with Crippen LogP contribution in [0.5, 0.6) is 5.75 Å². The lowest BCUT2D eigenvalue weighted by Gasteiger charge is -2.26. The summed E-state index contributed by atoms with van der Waals surface area (Å²) in [5, 5.41) is 8.93. The van der Waals surface area contributed by atoms with Gasteiger partial charge in [-0.1, -0.05) is 29.8 Å². The average Bonchev–Trinajstić information content (AvgIpc) is 3.65. The molecule has 0 spiro atoms. The highest BCUT2D eigenvalue weighted by Crippen LogP contribution is 2.40. The molecule has 3 heterocycles. The van der Waals surface area contributed by atoms with Crippen LogP contribution in [0.1, 0.15) is 61.3 Å². The Hall–Kier alpha value is -3.77. The molecule has 2 aromatic carbocycles. The highest BCUT2D eigenvalue weighted by atomic mass is 35.5. The number of ether oxygens (including phenoxy) is 2. The third kappa shape index (κ3) is 9.60. The summed E-state index contributed by atoms with van der Waals surface area (Å²) < 4.78 is 55.6. The smallest absolute Gasteiger partial charge is 0.462 e. The van der Waals surface area contributed by atoms with E-state index in [9.17, 15) is 22.6 Å². The van der Waals surface area contributed by atoms with Crippen molar-refractivity contribution in [2.75, 3.05) is 18.5 Å². The van der Waals surface area contributed by atoms with Crippen molar-refractivity contribution in [1.29, 1.82) is 0 Å². The normalized spacial score (nSPS) is 20.2. The Labute approximate surface area is 307 Å². The largest absolute Gasteiger partial charge is 0.524 e. The first-order chi connectivity index (χ1) is 24.6. The summed E-state index contributed by atoms with van der Waals surface area (Å²) in [5.41, 5.74) is 3.67. The summed E-state index contributed by atoms with van der Waals surface area (Å²) in [7, 11) is -9.04. The van der Waals surface area contributed by atoms with Crippen molar-refractivity contribution in [3.63, 3.8) is 0 Å². The lowest BCUT2D eigenvalue weighted by Crippen LogP contribution is -2.28. The maximum atomic E-state index is 14.0. The van der Waals surface area contributed by atoms with E-state index in [1.54, 1.807) is 0 Å². The van der Waals surface area contributed by atoms with Gasteiger partial charge in [-0.3, -0.25) is 23.6 Å². The molecule has 1 aliphatic carbocycles. The number of aromatic nitrogens is 2. The molecule has 276 valence electrons. The van der Waals surface area contributed by atoms with Gasteiger partial charge in [-0.15, -0.1) is 11.3 Å². The van der Waals surface area contributed by atoms with Crippen LogP contribution >= 0.6 is 30.8 Å².